The number of hydrogen-bond donors (Lipinski definition) is 0. The quantitative estimate of drug-likeness (QED) is 0.510. The first kappa shape index (κ1) is 9.56. The highest BCUT2D eigenvalue weighted by molar-refractivity contribution is 4.86. The number of unbranched alkanes of at least 4 members (excludes halogenated alkanes) is 1. The first-order chi connectivity index (χ1) is 4.85. The van der Waals surface area contributed by atoms with E-state index >= 15 is 0 Å². The molecule has 0 rings (SSSR count). The van der Waals surface area contributed by atoms with Crippen LogP contribution < -0.4 is 0 Å². The Morgan fingerprint density at radius 2 is 1.90 bits per heavy atom. The van der Waals surface area contributed by atoms with E-state index in [1.165, 1.54) is 19.3 Å². The van der Waals surface area contributed by atoms with E-state index in [4.69, 9.17) is 6.42 Å². The van der Waals surface area contributed by atoms with Crippen LogP contribution in [-0.4, -0.2) is 0 Å². The molecule has 0 aliphatic heterocycles. The molecule has 0 aliphatic carbocycles. The molecule has 1 radical (unpaired) electrons. The zero-order chi connectivity index (χ0) is 7.82. The van der Waals surface area contributed by atoms with Crippen molar-refractivity contribution in [3.63, 3.8) is 0 Å². The van der Waals surface area contributed by atoms with Crippen molar-refractivity contribution in [2.75, 3.05) is 0 Å². The van der Waals surface area contributed by atoms with Gasteiger partial charge < -0.3 is 0 Å². The van der Waals surface area contributed by atoms with Crippen LogP contribution in [-0.2, 0) is 0 Å². The summed E-state index contributed by atoms with van der Waals surface area (Å²) in [6.07, 6.45) is 13.0. The molecule has 1 unspecified atom stereocenters. The highest BCUT2D eigenvalue weighted by Gasteiger charge is 2.01. The van der Waals surface area contributed by atoms with Gasteiger partial charge >= 0.3 is 0 Å². The van der Waals surface area contributed by atoms with Crippen LogP contribution >= 0.6 is 0 Å². The molecule has 0 aromatic rings. The summed E-state index contributed by atoms with van der Waals surface area (Å²) in [5.74, 6) is 3.02. The monoisotopic (exact) mass is 137 g/mol. The average Bonchev–Trinajstić information content (AvgIpc) is 1.98. The van der Waals surface area contributed by atoms with Crippen molar-refractivity contribution in [3.05, 3.63) is 6.42 Å². The van der Waals surface area contributed by atoms with E-state index in [-0.39, 0.29) is 0 Å². The lowest BCUT2D eigenvalue weighted by molar-refractivity contribution is 0.527. The molecule has 0 aromatic heterocycles. The summed E-state index contributed by atoms with van der Waals surface area (Å²) in [5.41, 5.74) is 0. The van der Waals surface area contributed by atoms with Crippen LogP contribution in [0.15, 0.2) is 0 Å². The van der Waals surface area contributed by atoms with E-state index in [1.807, 2.05) is 0 Å². The lowest BCUT2D eigenvalue weighted by Gasteiger charge is -2.06. The highest BCUT2D eigenvalue weighted by Crippen LogP contribution is 2.12. The summed E-state index contributed by atoms with van der Waals surface area (Å²) >= 11 is 0. The van der Waals surface area contributed by atoms with Crippen LogP contribution in [0.5, 0.6) is 0 Å². The number of rotatable bonds is 5. The van der Waals surface area contributed by atoms with Crippen LogP contribution in [0.25, 0.3) is 0 Å². The van der Waals surface area contributed by atoms with Crippen LogP contribution in [0, 0.1) is 18.3 Å². The summed E-state index contributed by atoms with van der Waals surface area (Å²) in [6.45, 7) is 4.35. The Kier molecular flexibility index (Phi) is 6.38. The second kappa shape index (κ2) is 6.68. The molecule has 0 nitrogen and oxygen atoms in total. The molecular weight excluding hydrogens is 120 g/mol. The molecule has 0 bridgehead atoms. The maximum absolute atomic E-state index is 6.99. The fourth-order valence-electron chi connectivity index (χ4n) is 1.09. The number of hydrogen-bond acceptors (Lipinski definition) is 0. The van der Waals surface area contributed by atoms with Gasteiger partial charge in [0.05, 0.1) is 0 Å². The Morgan fingerprint density at radius 3 is 2.30 bits per heavy atom. The molecule has 0 spiro atoms. The Labute approximate surface area is 65.0 Å². The van der Waals surface area contributed by atoms with E-state index in [0.717, 1.165) is 12.8 Å². The van der Waals surface area contributed by atoms with Crippen molar-refractivity contribution >= 4 is 0 Å². The fourth-order valence-corrected chi connectivity index (χ4v) is 1.09. The molecule has 0 fully saturated rings. The van der Waals surface area contributed by atoms with Crippen molar-refractivity contribution in [1.82, 2.24) is 0 Å². The Morgan fingerprint density at radius 1 is 1.20 bits per heavy atom. The summed E-state index contributed by atoms with van der Waals surface area (Å²) < 4.78 is 0. The van der Waals surface area contributed by atoms with Gasteiger partial charge in [0.25, 0.3) is 0 Å². The maximum atomic E-state index is 6.99. The van der Waals surface area contributed by atoms with E-state index in [0.29, 0.717) is 5.92 Å². The van der Waals surface area contributed by atoms with E-state index < -0.39 is 0 Å². The lowest BCUT2D eigenvalue weighted by atomic mass is 9.98. The summed E-state index contributed by atoms with van der Waals surface area (Å²) in [7, 11) is 0. The summed E-state index contributed by atoms with van der Waals surface area (Å²) in [5, 5.41) is 0. The minimum absolute atomic E-state index is 0.435. The third kappa shape index (κ3) is 4.44. The average molecular weight is 137 g/mol. The SMILES string of the molecule is [C]#CC(CCC)CCCC. The van der Waals surface area contributed by atoms with Crippen LogP contribution in [0.2, 0.25) is 0 Å². The molecule has 0 aromatic carbocycles. The lowest BCUT2D eigenvalue weighted by Crippen LogP contribution is -1.95. The van der Waals surface area contributed by atoms with E-state index in [9.17, 15) is 0 Å². The molecule has 0 N–H and O–H groups in total. The highest BCUT2D eigenvalue weighted by atomic mass is 14.0. The zero-order valence-electron chi connectivity index (χ0n) is 7.11. The minimum Gasteiger partial charge on any atom is -0.0857 e. The molecular formula is C10H17. The van der Waals surface area contributed by atoms with Gasteiger partial charge in [0.2, 0.25) is 0 Å². The molecule has 0 saturated heterocycles. The van der Waals surface area contributed by atoms with Crippen LogP contribution in [0.1, 0.15) is 46.0 Å². The van der Waals surface area contributed by atoms with Gasteiger partial charge in [-0.25, -0.2) is 0 Å². The first-order valence-electron chi connectivity index (χ1n) is 4.27. The molecule has 0 amide bonds. The second-order valence-corrected chi connectivity index (χ2v) is 2.77. The molecule has 1 atom stereocenters. The van der Waals surface area contributed by atoms with Crippen molar-refractivity contribution in [2.45, 2.75) is 46.0 Å². The minimum atomic E-state index is 0.435. The molecule has 0 heterocycles. The predicted octanol–water partition coefficient (Wildman–Crippen LogP) is 3.18. The largest absolute Gasteiger partial charge is 0.0857 e. The standard InChI is InChI=1S/C10H17/c1-4-7-9-10(6-3)8-5-2/h10H,4-5,7-9H2,1-2H3. The Balaban J connectivity index is 3.33. The Bertz CT molecular complexity index is 97.1. The van der Waals surface area contributed by atoms with Crippen molar-refractivity contribution in [1.29, 1.82) is 0 Å². The first-order valence-corrected chi connectivity index (χ1v) is 4.27. The maximum Gasteiger partial charge on any atom is 0.0213 e. The molecule has 0 saturated carbocycles. The zero-order valence-corrected chi connectivity index (χ0v) is 7.11. The van der Waals surface area contributed by atoms with Crippen molar-refractivity contribution in [3.8, 4) is 5.92 Å². The Hall–Kier alpha value is -0.440. The molecule has 0 aliphatic rings. The van der Waals surface area contributed by atoms with Gasteiger partial charge in [-0.3, -0.25) is 0 Å². The third-order valence-electron chi connectivity index (χ3n) is 1.75. The topological polar surface area (TPSA) is 0 Å². The normalized spacial score (nSPS) is 12.5. The van der Waals surface area contributed by atoms with E-state index in [1.54, 1.807) is 0 Å². The van der Waals surface area contributed by atoms with Crippen molar-refractivity contribution < 1.29 is 0 Å². The van der Waals surface area contributed by atoms with Crippen LogP contribution in [0.4, 0.5) is 0 Å². The summed E-state index contributed by atoms with van der Waals surface area (Å²) in [6, 6.07) is 0. The van der Waals surface area contributed by atoms with Gasteiger partial charge in [0, 0.05) is 5.92 Å². The van der Waals surface area contributed by atoms with Gasteiger partial charge in [0.1, 0.15) is 0 Å². The summed E-state index contributed by atoms with van der Waals surface area (Å²) in [4.78, 5) is 0. The van der Waals surface area contributed by atoms with Crippen molar-refractivity contribution in [2.24, 2.45) is 5.92 Å². The molecule has 10 heavy (non-hydrogen) atoms. The van der Waals surface area contributed by atoms with Gasteiger partial charge in [0.15, 0.2) is 0 Å². The van der Waals surface area contributed by atoms with Crippen LogP contribution in [0.3, 0.4) is 0 Å². The molecule has 57 valence electrons. The van der Waals surface area contributed by atoms with E-state index in [2.05, 4.69) is 19.8 Å². The van der Waals surface area contributed by atoms with Gasteiger partial charge in [-0.05, 0) is 19.3 Å². The van der Waals surface area contributed by atoms with Gasteiger partial charge in [-0.1, -0.05) is 39.0 Å². The van der Waals surface area contributed by atoms with Gasteiger partial charge in [-0.15, -0.1) is 0 Å². The van der Waals surface area contributed by atoms with Gasteiger partial charge in [-0.2, -0.15) is 0 Å². The predicted molar refractivity (Wildman–Crippen MR) is 45.1 cm³/mol. The molecule has 0 heteroatoms. The second-order valence-electron chi connectivity index (χ2n) is 2.77. The smallest absolute Gasteiger partial charge is 0.0213 e. The fraction of sp³-hybridized carbons (Fsp3) is 0.800. The third-order valence-corrected chi connectivity index (χ3v) is 1.75.